The van der Waals surface area contributed by atoms with Gasteiger partial charge in [0.15, 0.2) is 0 Å². The fraction of sp³-hybridized carbons (Fsp3) is 0.500. The number of ether oxygens (including phenoxy) is 1. The zero-order chi connectivity index (χ0) is 11.4. The number of halogens is 1. The molecule has 0 aliphatic heterocycles. The summed E-state index contributed by atoms with van der Waals surface area (Å²) < 4.78 is 6.40. The van der Waals surface area contributed by atoms with Crippen LogP contribution in [0.1, 0.15) is 19.4 Å². The number of rotatable bonds is 4. The van der Waals surface area contributed by atoms with E-state index in [4.69, 9.17) is 10.5 Å². The molecule has 0 saturated heterocycles. The fourth-order valence-electron chi connectivity index (χ4n) is 1.44. The largest absolute Gasteiger partial charge is 0.496 e. The van der Waals surface area contributed by atoms with Crippen LogP contribution >= 0.6 is 15.9 Å². The van der Waals surface area contributed by atoms with E-state index in [9.17, 15) is 0 Å². The zero-order valence-electron chi connectivity index (χ0n) is 9.46. The number of benzene rings is 1. The van der Waals surface area contributed by atoms with Crippen molar-refractivity contribution in [1.82, 2.24) is 0 Å². The van der Waals surface area contributed by atoms with Crippen LogP contribution in [0.4, 0.5) is 0 Å². The lowest BCUT2D eigenvalue weighted by atomic mass is 9.95. The van der Waals surface area contributed by atoms with Crippen molar-refractivity contribution in [1.29, 1.82) is 0 Å². The predicted molar refractivity (Wildman–Crippen MR) is 67.2 cm³/mol. The molecule has 2 unspecified atom stereocenters. The lowest BCUT2D eigenvalue weighted by Gasteiger charge is -2.17. The molecule has 2 atom stereocenters. The minimum absolute atomic E-state index is 0.202. The molecule has 0 aliphatic carbocycles. The molecule has 2 N–H and O–H groups in total. The Morgan fingerprint density at radius 3 is 2.60 bits per heavy atom. The van der Waals surface area contributed by atoms with Gasteiger partial charge in [0, 0.05) is 10.5 Å². The molecule has 0 spiro atoms. The molecule has 0 aromatic heterocycles. The van der Waals surface area contributed by atoms with E-state index in [0.29, 0.717) is 5.92 Å². The van der Waals surface area contributed by atoms with E-state index in [-0.39, 0.29) is 6.04 Å². The minimum atomic E-state index is 0.202. The van der Waals surface area contributed by atoms with Gasteiger partial charge in [-0.05, 0) is 43.0 Å². The van der Waals surface area contributed by atoms with E-state index >= 15 is 0 Å². The Morgan fingerprint density at radius 2 is 2.07 bits per heavy atom. The monoisotopic (exact) mass is 271 g/mol. The average molecular weight is 272 g/mol. The second-order valence-electron chi connectivity index (χ2n) is 4.00. The van der Waals surface area contributed by atoms with Crippen LogP contribution in [0.3, 0.4) is 0 Å². The molecular formula is C12H18BrNO. The van der Waals surface area contributed by atoms with Crippen LogP contribution in [0.2, 0.25) is 0 Å². The van der Waals surface area contributed by atoms with Crippen LogP contribution in [0.5, 0.6) is 5.75 Å². The maximum Gasteiger partial charge on any atom is 0.122 e. The van der Waals surface area contributed by atoms with Gasteiger partial charge in [-0.25, -0.2) is 0 Å². The van der Waals surface area contributed by atoms with Gasteiger partial charge < -0.3 is 10.5 Å². The minimum Gasteiger partial charge on any atom is -0.496 e. The SMILES string of the molecule is COc1ccc(Br)cc1CC(C)C(C)N. The van der Waals surface area contributed by atoms with Gasteiger partial charge in [0.05, 0.1) is 7.11 Å². The van der Waals surface area contributed by atoms with E-state index < -0.39 is 0 Å². The summed E-state index contributed by atoms with van der Waals surface area (Å²) >= 11 is 3.47. The Kier molecular flexibility index (Phi) is 4.61. The number of nitrogens with two attached hydrogens (primary N) is 1. The van der Waals surface area contributed by atoms with E-state index in [1.54, 1.807) is 7.11 Å². The highest BCUT2D eigenvalue weighted by Gasteiger charge is 2.12. The lowest BCUT2D eigenvalue weighted by molar-refractivity contribution is 0.400. The second kappa shape index (κ2) is 5.52. The molecule has 0 radical (unpaired) electrons. The van der Waals surface area contributed by atoms with Gasteiger partial charge in [0.2, 0.25) is 0 Å². The summed E-state index contributed by atoms with van der Waals surface area (Å²) in [6.07, 6.45) is 0.945. The Balaban J connectivity index is 2.87. The highest BCUT2D eigenvalue weighted by molar-refractivity contribution is 9.10. The van der Waals surface area contributed by atoms with Gasteiger partial charge >= 0.3 is 0 Å². The molecule has 2 nitrogen and oxygen atoms in total. The van der Waals surface area contributed by atoms with Crippen molar-refractivity contribution in [3.05, 3.63) is 28.2 Å². The van der Waals surface area contributed by atoms with Crippen LogP contribution in [0, 0.1) is 5.92 Å². The summed E-state index contributed by atoms with van der Waals surface area (Å²) in [5.41, 5.74) is 7.07. The Bertz CT molecular complexity index is 325. The van der Waals surface area contributed by atoms with Gasteiger partial charge in [0.1, 0.15) is 5.75 Å². The summed E-state index contributed by atoms with van der Waals surface area (Å²) in [7, 11) is 1.70. The first-order chi connectivity index (χ1) is 7.04. The molecule has 0 bridgehead atoms. The summed E-state index contributed by atoms with van der Waals surface area (Å²) in [6.45, 7) is 4.19. The molecule has 3 heteroatoms. The molecule has 84 valence electrons. The van der Waals surface area contributed by atoms with Crippen LogP contribution in [0.15, 0.2) is 22.7 Å². The maximum atomic E-state index is 5.86. The Hall–Kier alpha value is -0.540. The van der Waals surface area contributed by atoms with Gasteiger partial charge in [-0.3, -0.25) is 0 Å². The lowest BCUT2D eigenvalue weighted by Crippen LogP contribution is -2.25. The summed E-state index contributed by atoms with van der Waals surface area (Å²) in [5.74, 6) is 1.39. The van der Waals surface area contributed by atoms with Crippen molar-refractivity contribution in [2.24, 2.45) is 11.7 Å². The van der Waals surface area contributed by atoms with Crippen molar-refractivity contribution in [3.63, 3.8) is 0 Å². The fourth-order valence-corrected chi connectivity index (χ4v) is 1.85. The standard InChI is InChI=1S/C12H18BrNO/c1-8(9(2)14)6-10-7-11(13)4-5-12(10)15-3/h4-5,7-9H,6,14H2,1-3H3. The number of methoxy groups -OCH3 is 1. The van der Waals surface area contributed by atoms with Gasteiger partial charge in [-0.15, -0.1) is 0 Å². The molecule has 0 amide bonds. The first-order valence-electron chi connectivity index (χ1n) is 5.12. The molecule has 0 saturated carbocycles. The molecule has 0 aliphatic rings. The smallest absolute Gasteiger partial charge is 0.122 e. The van der Waals surface area contributed by atoms with E-state index in [1.807, 2.05) is 19.1 Å². The number of hydrogen-bond donors (Lipinski definition) is 1. The van der Waals surface area contributed by atoms with Crippen molar-refractivity contribution in [2.45, 2.75) is 26.3 Å². The first-order valence-corrected chi connectivity index (χ1v) is 5.92. The van der Waals surface area contributed by atoms with Crippen molar-refractivity contribution in [2.75, 3.05) is 7.11 Å². The molecule has 0 heterocycles. The molecule has 1 rings (SSSR count). The third-order valence-corrected chi connectivity index (χ3v) is 3.18. The van der Waals surface area contributed by atoms with E-state index in [0.717, 1.165) is 16.6 Å². The average Bonchev–Trinajstić information content (AvgIpc) is 2.18. The van der Waals surface area contributed by atoms with E-state index in [2.05, 4.69) is 28.9 Å². The third-order valence-electron chi connectivity index (χ3n) is 2.68. The quantitative estimate of drug-likeness (QED) is 0.914. The van der Waals surface area contributed by atoms with Gasteiger partial charge in [0.25, 0.3) is 0 Å². The summed E-state index contributed by atoms with van der Waals surface area (Å²) in [5, 5.41) is 0. The van der Waals surface area contributed by atoms with Crippen molar-refractivity contribution >= 4 is 15.9 Å². The normalized spacial score (nSPS) is 14.7. The second-order valence-corrected chi connectivity index (χ2v) is 4.91. The van der Waals surface area contributed by atoms with Crippen molar-refractivity contribution in [3.8, 4) is 5.75 Å². The maximum absolute atomic E-state index is 5.86. The summed E-state index contributed by atoms with van der Waals surface area (Å²) in [6, 6.07) is 6.26. The molecular weight excluding hydrogens is 254 g/mol. The zero-order valence-corrected chi connectivity index (χ0v) is 11.0. The highest BCUT2D eigenvalue weighted by Crippen LogP contribution is 2.25. The van der Waals surface area contributed by atoms with Gasteiger partial charge in [-0.1, -0.05) is 22.9 Å². The molecule has 1 aromatic rings. The van der Waals surface area contributed by atoms with Gasteiger partial charge in [-0.2, -0.15) is 0 Å². The van der Waals surface area contributed by atoms with Crippen molar-refractivity contribution < 1.29 is 4.74 Å². The molecule has 15 heavy (non-hydrogen) atoms. The third kappa shape index (κ3) is 3.50. The Morgan fingerprint density at radius 1 is 1.40 bits per heavy atom. The van der Waals surface area contributed by atoms with Crippen LogP contribution in [-0.4, -0.2) is 13.2 Å². The Labute approximate surface area is 99.9 Å². The summed E-state index contributed by atoms with van der Waals surface area (Å²) in [4.78, 5) is 0. The first kappa shape index (κ1) is 12.5. The van der Waals surface area contributed by atoms with Crippen LogP contribution in [-0.2, 0) is 6.42 Å². The van der Waals surface area contributed by atoms with E-state index in [1.165, 1.54) is 5.56 Å². The van der Waals surface area contributed by atoms with Crippen LogP contribution < -0.4 is 10.5 Å². The topological polar surface area (TPSA) is 35.2 Å². The molecule has 0 fully saturated rings. The predicted octanol–water partition coefficient (Wildman–Crippen LogP) is 2.98. The highest BCUT2D eigenvalue weighted by atomic mass is 79.9. The van der Waals surface area contributed by atoms with Crippen LogP contribution in [0.25, 0.3) is 0 Å². The molecule has 1 aromatic carbocycles. The number of hydrogen-bond acceptors (Lipinski definition) is 2.